The maximum absolute atomic E-state index is 10.4. The molecule has 7 heteroatoms. The van der Waals surface area contributed by atoms with Gasteiger partial charge in [0, 0.05) is 27.8 Å². The molecule has 0 radical (unpaired) electrons. The Kier molecular flexibility index (Phi) is 6.24. The van der Waals surface area contributed by atoms with E-state index in [4.69, 9.17) is 9.15 Å². The summed E-state index contributed by atoms with van der Waals surface area (Å²) >= 11 is 4.95. The van der Waals surface area contributed by atoms with Crippen molar-refractivity contribution in [3.63, 3.8) is 0 Å². The lowest BCUT2D eigenvalue weighted by Crippen LogP contribution is -2.15. The van der Waals surface area contributed by atoms with Crippen molar-refractivity contribution >= 4 is 27.7 Å². The van der Waals surface area contributed by atoms with Gasteiger partial charge in [-0.25, -0.2) is 0 Å². The Labute approximate surface area is 204 Å². The predicted molar refractivity (Wildman–Crippen MR) is 134 cm³/mol. The summed E-state index contributed by atoms with van der Waals surface area (Å²) in [5.41, 5.74) is 4.92. The van der Waals surface area contributed by atoms with Crippen LogP contribution in [0.5, 0.6) is 11.5 Å². The molecule has 1 aromatic heterocycles. The summed E-state index contributed by atoms with van der Waals surface area (Å²) in [5, 5.41) is 19.2. The molecule has 1 N–H and O–H groups in total. The molecule has 166 valence electrons. The lowest BCUT2D eigenvalue weighted by Gasteiger charge is -2.09. The molecule has 1 aliphatic heterocycles. The number of phenolic OH excluding ortho intramolecular Hbond substituents is 1. The van der Waals surface area contributed by atoms with Crippen LogP contribution >= 0.6 is 27.7 Å². The molecule has 3 aromatic carbocycles. The van der Waals surface area contributed by atoms with Gasteiger partial charge in [0.25, 0.3) is 5.22 Å². The minimum atomic E-state index is 0.0159. The molecule has 1 atom stereocenters. The number of aromatic nitrogens is 2. The van der Waals surface area contributed by atoms with Crippen molar-refractivity contribution in [2.45, 2.75) is 24.2 Å². The molecule has 5 nitrogen and oxygen atoms in total. The molecule has 33 heavy (non-hydrogen) atoms. The number of aromatic hydroxyl groups is 1. The zero-order valence-corrected chi connectivity index (χ0v) is 20.1. The Morgan fingerprint density at radius 2 is 2.00 bits per heavy atom. The molecule has 0 unspecified atom stereocenters. The molecular weight excluding hydrogens is 500 g/mol. The van der Waals surface area contributed by atoms with Gasteiger partial charge in [-0.15, -0.1) is 16.8 Å². The van der Waals surface area contributed by atoms with Gasteiger partial charge in [-0.05, 0) is 65.6 Å². The normalized spacial score (nSPS) is 14.6. The third-order valence-electron chi connectivity index (χ3n) is 5.42. The van der Waals surface area contributed by atoms with E-state index in [0.717, 1.165) is 50.9 Å². The molecular formula is C26H21BrN2O3S. The van der Waals surface area contributed by atoms with Crippen LogP contribution in [0.15, 0.2) is 87.4 Å². The van der Waals surface area contributed by atoms with Gasteiger partial charge in [0.2, 0.25) is 5.89 Å². The number of halogens is 1. The molecule has 0 aliphatic carbocycles. The summed E-state index contributed by atoms with van der Waals surface area (Å²) in [6, 6.07) is 19.5. The molecule has 0 saturated carbocycles. The Balaban J connectivity index is 1.25. The van der Waals surface area contributed by atoms with E-state index >= 15 is 0 Å². The maximum atomic E-state index is 10.4. The van der Waals surface area contributed by atoms with Crippen LogP contribution in [-0.2, 0) is 12.8 Å². The second kappa shape index (κ2) is 9.45. The first-order chi connectivity index (χ1) is 16.1. The predicted octanol–water partition coefficient (Wildman–Crippen LogP) is 6.70. The standard InChI is InChI=1S/C26H21BrN2O3S/c1-2-4-16-7-9-23(30)22(11-16)17-8-10-24-19(12-17)14-21(31-24)15-33-26-29-28-25(32-26)18-5-3-6-20(27)13-18/h2-3,5-13,21,30H,1,4,14-15H2/t21-/m0/s1. The number of allylic oxidation sites excluding steroid dienone is 1. The van der Waals surface area contributed by atoms with Crippen LogP contribution in [-0.4, -0.2) is 27.2 Å². The van der Waals surface area contributed by atoms with Gasteiger partial charge in [0.15, 0.2) is 0 Å². The summed E-state index contributed by atoms with van der Waals surface area (Å²) in [5.74, 6) is 2.35. The molecule has 5 rings (SSSR count). The fraction of sp³-hybridized carbons (Fsp3) is 0.154. The first-order valence-corrected chi connectivity index (χ1v) is 12.3. The second-order valence-electron chi connectivity index (χ2n) is 7.81. The van der Waals surface area contributed by atoms with E-state index in [1.54, 1.807) is 6.07 Å². The summed E-state index contributed by atoms with van der Waals surface area (Å²) in [7, 11) is 0. The Bertz CT molecular complexity index is 1320. The number of thioether (sulfide) groups is 1. The molecule has 0 amide bonds. The summed E-state index contributed by atoms with van der Waals surface area (Å²) < 4.78 is 12.9. The van der Waals surface area contributed by atoms with Gasteiger partial charge in [-0.1, -0.05) is 52.0 Å². The zero-order chi connectivity index (χ0) is 22.8. The Hall–Kier alpha value is -3.03. The van der Waals surface area contributed by atoms with Crippen molar-refractivity contribution in [2.24, 2.45) is 0 Å². The number of hydrogen-bond acceptors (Lipinski definition) is 6. The van der Waals surface area contributed by atoms with Crippen molar-refractivity contribution in [3.8, 4) is 34.1 Å². The van der Waals surface area contributed by atoms with Crippen molar-refractivity contribution in [3.05, 3.63) is 88.9 Å². The number of rotatable bonds is 7. The van der Waals surface area contributed by atoms with E-state index in [0.29, 0.717) is 16.9 Å². The molecule has 0 saturated heterocycles. The smallest absolute Gasteiger partial charge is 0.276 e. The largest absolute Gasteiger partial charge is 0.507 e. The third-order valence-corrected chi connectivity index (χ3v) is 6.87. The van der Waals surface area contributed by atoms with E-state index in [1.807, 2.05) is 54.6 Å². The Morgan fingerprint density at radius 3 is 2.85 bits per heavy atom. The van der Waals surface area contributed by atoms with Crippen LogP contribution in [0.3, 0.4) is 0 Å². The van der Waals surface area contributed by atoms with Gasteiger partial charge in [0.05, 0.1) is 0 Å². The van der Waals surface area contributed by atoms with Gasteiger partial charge < -0.3 is 14.3 Å². The van der Waals surface area contributed by atoms with E-state index in [9.17, 15) is 5.11 Å². The second-order valence-corrected chi connectivity index (χ2v) is 9.69. The highest BCUT2D eigenvalue weighted by Gasteiger charge is 2.25. The summed E-state index contributed by atoms with van der Waals surface area (Å²) in [6.07, 6.45) is 3.43. The van der Waals surface area contributed by atoms with Crippen LogP contribution in [0.25, 0.3) is 22.6 Å². The maximum Gasteiger partial charge on any atom is 0.276 e. The van der Waals surface area contributed by atoms with Crippen molar-refractivity contribution in [2.75, 3.05) is 5.75 Å². The zero-order valence-electron chi connectivity index (χ0n) is 17.7. The van der Waals surface area contributed by atoms with Crippen molar-refractivity contribution in [1.29, 1.82) is 0 Å². The lowest BCUT2D eigenvalue weighted by atomic mass is 9.98. The summed E-state index contributed by atoms with van der Waals surface area (Å²) in [4.78, 5) is 0. The number of nitrogens with zero attached hydrogens (tertiary/aromatic N) is 2. The highest BCUT2D eigenvalue weighted by molar-refractivity contribution is 9.10. The molecule has 4 aromatic rings. The topological polar surface area (TPSA) is 68.4 Å². The van der Waals surface area contributed by atoms with Crippen LogP contribution in [0.1, 0.15) is 11.1 Å². The average Bonchev–Trinajstić information content (AvgIpc) is 3.45. The molecule has 1 aliphatic rings. The van der Waals surface area contributed by atoms with Crippen LogP contribution < -0.4 is 4.74 Å². The van der Waals surface area contributed by atoms with Crippen LogP contribution in [0.2, 0.25) is 0 Å². The van der Waals surface area contributed by atoms with E-state index in [2.05, 4.69) is 38.8 Å². The fourth-order valence-electron chi connectivity index (χ4n) is 3.86. The first-order valence-electron chi connectivity index (χ1n) is 10.5. The minimum absolute atomic E-state index is 0.0159. The van der Waals surface area contributed by atoms with E-state index in [1.165, 1.54) is 11.8 Å². The van der Waals surface area contributed by atoms with Crippen molar-refractivity contribution in [1.82, 2.24) is 10.2 Å². The summed E-state index contributed by atoms with van der Waals surface area (Å²) in [6.45, 7) is 3.80. The van der Waals surface area contributed by atoms with Gasteiger partial charge in [0.1, 0.15) is 17.6 Å². The number of hydrogen-bond donors (Lipinski definition) is 1. The number of ether oxygens (including phenoxy) is 1. The van der Waals surface area contributed by atoms with E-state index < -0.39 is 0 Å². The highest BCUT2D eigenvalue weighted by Crippen LogP contribution is 2.37. The number of fused-ring (bicyclic) bond motifs is 1. The SMILES string of the molecule is C=CCc1ccc(O)c(-c2ccc3c(c2)C[C@@H](CSc2nnc(-c4cccc(Br)c4)o2)O3)c1. The molecule has 0 spiro atoms. The fourth-order valence-corrected chi connectivity index (χ4v) is 5.01. The number of phenols is 1. The first kappa shape index (κ1) is 21.8. The van der Waals surface area contributed by atoms with Gasteiger partial charge >= 0.3 is 0 Å². The van der Waals surface area contributed by atoms with Crippen molar-refractivity contribution < 1.29 is 14.3 Å². The highest BCUT2D eigenvalue weighted by atomic mass is 79.9. The lowest BCUT2D eigenvalue weighted by molar-refractivity contribution is 0.259. The van der Waals surface area contributed by atoms with Gasteiger partial charge in [-0.3, -0.25) is 0 Å². The van der Waals surface area contributed by atoms with E-state index in [-0.39, 0.29) is 11.9 Å². The third kappa shape index (κ3) is 4.84. The quantitative estimate of drug-likeness (QED) is 0.216. The monoisotopic (exact) mass is 520 g/mol. The molecule has 0 bridgehead atoms. The molecule has 0 fully saturated rings. The Morgan fingerprint density at radius 1 is 1.09 bits per heavy atom. The minimum Gasteiger partial charge on any atom is -0.507 e. The van der Waals surface area contributed by atoms with Crippen LogP contribution in [0, 0.1) is 0 Å². The average molecular weight is 521 g/mol. The molecule has 2 heterocycles. The van der Waals surface area contributed by atoms with Gasteiger partial charge in [-0.2, -0.15) is 0 Å². The number of benzene rings is 3. The van der Waals surface area contributed by atoms with Crippen LogP contribution in [0.4, 0.5) is 0 Å².